The van der Waals surface area contributed by atoms with Crippen LogP contribution in [0.3, 0.4) is 0 Å². The van der Waals surface area contributed by atoms with Crippen molar-refractivity contribution in [3.05, 3.63) is 112 Å². The molecule has 1 fully saturated rings. The standard InChI is InChI=1S/C15H17N.C10H10O3.C6H12N.C2H2.CH4.4CH3.Pt/c1-5-7-13-10(2)11(3)14-8-6-9-16-15(14)12(13)4;1-7(11)9-5-3-4-6-10(9)13-8(2)12;7-6-4-2-1-3-5-6;1-2;;;;;;/h5-9H,1-4H3;3-6H,1-2H3;6-7H,1-5H2;1-2H;1H4;4*1H3;/q;;-1;;;4*-1;/b7-5-;;;;;;;;;. The van der Waals surface area contributed by atoms with Gasteiger partial charge in [0.15, 0.2) is 5.78 Å². The number of hydrogen-bond donors (Lipinski definition) is 0. The molecule has 0 amide bonds. The van der Waals surface area contributed by atoms with E-state index in [4.69, 9.17) is 10.5 Å². The zero-order chi connectivity index (χ0) is 28.7. The van der Waals surface area contributed by atoms with Gasteiger partial charge in [0.25, 0.3) is 0 Å². The summed E-state index contributed by atoms with van der Waals surface area (Å²) in [6, 6.07) is 11.1. The van der Waals surface area contributed by atoms with Crippen molar-refractivity contribution in [1.82, 2.24) is 4.98 Å². The molecule has 3 aromatic rings. The summed E-state index contributed by atoms with van der Waals surface area (Å²) in [5.41, 5.74) is 14.1. The summed E-state index contributed by atoms with van der Waals surface area (Å²) in [4.78, 5) is 26.2. The number of carbonyl (C=O) groups is 2. The Bertz CT molecular complexity index is 1260. The van der Waals surface area contributed by atoms with Crippen molar-refractivity contribution in [2.24, 2.45) is 0 Å². The second-order valence-corrected chi connectivity index (χ2v) is 9.17. The summed E-state index contributed by atoms with van der Waals surface area (Å²) in [6.45, 7) is 11.3. The van der Waals surface area contributed by atoms with Crippen molar-refractivity contribution in [2.75, 3.05) is 0 Å². The van der Waals surface area contributed by atoms with Crippen LogP contribution < -0.4 is 4.74 Å². The van der Waals surface area contributed by atoms with Gasteiger partial charge in [0.1, 0.15) is 5.75 Å². The molecule has 0 bridgehead atoms. The molecule has 1 heterocycles. The maximum Gasteiger partial charge on any atom is 0.308 e. The average Bonchev–Trinajstić information content (AvgIpc) is 2.92. The number of rotatable bonds is 3. The number of aromatic nitrogens is 1. The molecule has 2 aromatic carbocycles. The fraction of sp³-hybridized carbons (Fsp3) is 0.342. The number of nitrogens with one attached hydrogen (secondary N) is 1. The second kappa shape index (κ2) is 28.7. The van der Waals surface area contributed by atoms with E-state index in [2.05, 4.69) is 63.7 Å². The number of para-hydroxylation sites is 1. The molecule has 1 saturated carbocycles. The third-order valence-corrected chi connectivity index (χ3v) is 6.40. The van der Waals surface area contributed by atoms with Crippen LogP contribution in [0.2, 0.25) is 0 Å². The third-order valence-electron chi connectivity index (χ3n) is 6.40. The number of Topliss-reactive ketones (excluding diaryl/α,β-unsaturated/α-hetero) is 1. The van der Waals surface area contributed by atoms with E-state index >= 15 is 0 Å². The van der Waals surface area contributed by atoms with E-state index in [9.17, 15) is 9.59 Å². The fourth-order valence-electron chi connectivity index (χ4n) is 4.34. The number of carbonyl (C=O) groups excluding carboxylic acids is 2. The van der Waals surface area contributed by atoms with Crippen LogP contribution in [0.4, 0.5) is 0 Å². The van der Waals surface area contributed by atoms with Crippen LogP contribution >= 0.6 is 0 Å². The Morgan fingerprint density at radius 1 is 0.886 bits per heavy atom. The van der Waals surface area contributed by atoms with Crippen molar-refractivity contribution >= 4 is 28.7 Å². The van der Waals surface area contributed by atoms with Gasteiger partial charge in [-0.1, -0.05) is 69.9 Å². The van der Waals surface area contributed by atoms with Crippen molar-refractivity contribution in [2.45, 2.75) is 87.1 Å². The summed E-state index contributed by atoms with van der Waals surface area (Å²) in [5, 5.41) is 1.27. The van der Waals surface area contributed by atoms with Gasteiger partial charge in [0, 0.05) is 39.6 Å². The van der Waals surface area contributed by atoms with Crippen molar-refractivity contribution in [1.29, 1.82) is 0 Å². The summed E-state index contributed by atoms with van der Waals surface area (Å²) >= 11 is 0. The van der Waals surface area contributed by atoms with E-state index in [0.717, 1.165) is 18.4 Å². The van der Waals surface area contributed by atoms with E-state index in [1.807, 2.05) is 12.3 Å². The number of esters is 1. The quantitative estimate of drug-likeness (QED) is 0.0871. The largest absolute Gasteiger partial charge is 0.675 e. The molecule has 0 atom stereocenters. The zero-order valence-corrected chi connectivity index (χ0v) is 30.2. The first kappa shape index (κ1) is 53.5. The minimum absolute atomic E-state index is 0. The Kier molecular flexibility index (Phi) is 34.9. The number of fused-ring (bicyclic) bond motifs is 1. The third kappa shape index (κ3) is 16.7. The summed E-state index contributed by atoms with van der Waals surface area (Å²) in [7, 11) is 0. The number of ketones is 1. The SMILES string of the molecule is C.C#C.C/C=C\c1c(C)c(C)c2cccnc2c1C.CC(=O)Oc1ccccc1C(C)=O.[CH3-].[CH3-].[CH3-].[CH3-].[NH-]C1CCCCC1.[Pt]. The van der Waals surface area contributed by atoms with Crippen LogP contribution in [0, 0.1) is 63.3 Å². The van der Waals surface area contributed by atoms with Crippen LogP contribution in [0.1, 0.15) is 92.9 Å². The molecule has 4 rings (SSSR count). The predicted octanol–water partition coefficient (Wildman–Crippen LogP) is 11.1. The van der Waals surface area contributed by atoms with E-state index < -0.39 is 5.97 Å². The van der Waals surface area contributed by atoms with E-state index in [-0.39, 0.29) is 70.0 Å². The number of allylic oxidation sites excluding steroid dienone is 1. The minimum Gasteiger partial charge on any atom is -0.675 e. The molecule has 0 spiro atoms. The molecule has 1 aliphatic rings. The Morgan fingerprint density at radius 3 is 1.89 bits per heavy atom. The molecule has 252 valence electrons. The van der Waals surface area contributed by atoms with Crippen molar-refractivity contribution in [3.8, 4) is 18.6 Å². The first-order valence-corrected chi connectivity index (χ1v) is 13.0. The summed E-state index contributed by atoms with van der Waals surface area (Å²) < 4.78 is 4.85. The number of ether oxygens (including phenoxy) is 1. The number of pyridine rings is 1. The van der Waals surface area contributed by atoms with E-state index in [0.29, 0.717) is 11.3 Å². The minimum atomic E-state index is -0.422. The Hall–Kier alpha value is -3.06. The van der Waals surface area contributed by atoms with Gasteiger partial charge in [-0.05, 0) is 75.1 Å². The molecule has 0 aliphatic heterocycles. The van der Waals surface area contributed by atoms with Crippen molar-refractivity contribution < 1.29 is 35.4 Å². The molecule has 6 heteroatoms. The molecule has 1 aromatic heterocycles. The van der Waals surface area contributed by atoms with Crippen molar-refractivity contribution in [3.63, 3.8) is 0 Å². The van der Waals surface area contributed by atoms with Gasteiger partial charge in [0.2, 0.25) is 0 Å². The Labute approximate surface area is 285 Å². The Morgan fingerprint density at radius 2 is 1.43 bits per heavy atom. The molecule has 44 heavy (non-hydrogen) atoms. The van der Waals surface area contributed by atoms with Crippen LogP contribution in [-0.4, -0.2) is 22.8 Å². The topological polar surface area (TPSA) is 80.1 Å². The van der Waals surface area contributed by atoms with Gasteiger partial charge in [0.05, 0.1) is 11.1 Å². The fourth-order valence-corrected chi connectivity index (χ4v) is 4.34. The zero-order valence-electron chi connectivity index (χ0n) is 28.0. The molecule has 0 saturated heterocycles. The predicted molar refractivity (Wildman–Crippen MR) is 192 cm³/mol. The monoisotopic (exact) mass is 784 g/mol. The molecule has 0 radical (unpaired) electrons. The first-order chi connectivity index (χ1) is 18.2. The normalized spacial score (nSPS) is 11.0. The van der Waals surface area contributed by atoms with Crippen LogP contribution in [0.15, 0.2) is 48.7 Å². The number of terminal acetylenes is 1. The van der Waals surface area contributed by atoms with Gasteiger partial charge < -0.3 is 40.2 Å². The molecular formula is C38H57N2O3Pt-5. The van der Waals surface area contributed by atoms with Gasteiger partial charge in [-0.25, -0.2) is 0 Å². The second-order valence-electron chi connectivity index (χ2n) is 9.17. The van der Waals surface area contributed by atoms with E-state index in [1.54, 1.807) is 24.3 Å². The maximum atomic E-state index is 11.1. The van der Waals surface area contributed by atoms with Gasteiger partial charge >= 0.3 is 5.97 Å². The molecule has 5 nitrogen and oxygen atoms in total. The average molecular weight is 785 g/mol. The number of hydrogen-bond acceptors (Lipinski definition) is 4. The van der Waals surface area contributed by atoms with Gasteiger partial charge in [-0.15, -0.1) is 18.9 Å². The Balaban J connectivity index is -0.000000118. The molecule has 0 unspecified atom stereocenters. The van der Waals surface area contributed by atoms with Crippen LogP contribution in [0.5, 0.6) is 5.75 Å². The summed E-state index contributed by atoms with van der Waals surface area (Å²) in [5.74, 6) is -0.215. The van der Waals surface area contributed by atoms with Gasteiger partial charge in [-0.2, -0.15) is 0 Å². The molecular weight excluding hydrogens is 728 g/mol. The van der Waals surface area contributed by atoms with Crippen LogP contribution in [-0.2, 0) is 25.9 Å². The van der Waals surface area contributed by atoms with Crippen LogP contribution in [0.25, 0.3) is 22.7 Å². The first-order valence-electron chi connectivity index (χ1n) is 13.0. The van der Waals surface area contributed by atoms with Gasteiger partial charge in [-0.3, -0.25) is 14.6 Å². The van der Waals surface area contributed by atoms with E-state index in [1.165, 1.54) is 60.7 Å². The number of aryl methyl sites for hydroxylation is 2. The number of benzene rings is 2. The molecule has 1 N–H and O–H groups in total. The summed E-state index contributed by atoms with van der Waals surface area (Å²) in [6.07, 6.45) is 20.4. The molecule has 1 aliphatic carbocycles. The number of nitrogens with zero attached hydrogens (tertiary/aromatic N) is 1. The maximum absolute atomic E-state index is 11.1. The smallest absolute Gasteiger partial charge is 0.308 e.